The van der Waals surface area contributed by atoms with Gasteiger partial charge in [0.1, 0.15) is 48.3 Å². The Labute approximate surface area is 524 Å². The van der Waals surface area contributed by atoms with Gasteiger partial charge in [-0.1, -0.05) is 89.1 Å². The third-order valence-corrected chi connectivity index (χ3v) is 12.3. The van der Waals surface area contributed by atoms with Crippen LogP contribution in [0.2, 0.25) is 0 Å². The Morgan fingerprint density at radius 3 is 1.56 bits per heavy atom. The molecule has 3 rings (SSSR count). The standard InChI is InChI=1S/C18H37N7O5.C11H12N2O2.C9H11NO2.C6H13NO2.C5H11NO2S.C4H9NO3.Ca.2H/c1-10(2)9-13(15(26)27)24-14(25-18(22)23)7-6-12(21)17(29)30-16(28)11(20)5-3-4-8-19;12-9(11(14)15)5-7-6-13-10-4-2-1-3-8(7)10;10-8(9(11)12)6-7-4-2-1-3-5-7;1-3-4(2)5(7)6(8)9;1-9-3-2-4(6)5(7)8;1-2(6)3(5)4(7)8;;;/h10-14,24H,3-9,19-21H2,1-2H3,(H,26,27)(H4,22,23,25);1-4,6,9,13H,5,12H2,(H,14,15);1-5,8H,6,10H2,(H,11,12);4-5H,3,7H2,1-2H3,(H,8,9);4H,2-3,6H2,1H3,(H,7,8);2-3,6H,5H2,1H3,(H,7,8);;;/t11-,12?,13-,14?;9-;8-;4-,5-;4-;2-,3+;;;/m000001.../s1. The Kier molecular flexibility index (Phi) is 49.1. The van der Waals surface area contributed by atoms with Crippen molar-refractivity contribution in [3.8, 4) is 0 Å². The third kappa shape index (κ3) is 41.4. The fraction of sp³-hybridized carbons (Fsp3) is 0.566. The number of thioether (sulfide) groups is 1. The first-order chi connectivity index (χ1) is 38.7. The number of ether oxygens (including phenoxy) is 1. The SMILES string of the molecule is CC(C)C[C@H](NC(CCC(N)C(=O)OC(=O)[C@@H](N)CCCCN)NC(=N)N)C(=O)O.CC[C@H](C)[C@H](N)C(=O)O.CSCC[C@H](N)C(=O)O.C[C@@H](O)[C@H](N)C(=O)O.N[C@@H](Cc1c[nH]c2ccccc12)C(=O)O.N[C@@H](Cc1ccccc1)C(=O)O.[CaH2]. The molecule has 0 fully saturated rings. The Hall–Kier alpha value is -5.58. The number of aliphatic hydroxyl groups is 1. The van der Waals surface area contributed by atoms with Gasteiger partial charge in [0.15, 0.2) is 5.96 Å². The van der Waals surface area contributed by atoms with Crippen LogP contribution in [0.5, 0.6) is 0 Å². The molecule has 84 heavy (non-hydrogen) atoms. The fourth-order valence-corrected chi connectivity index (χ4v) is 6.82. The number of carboxylic acids is 6. The first-order valence-corrected chi connectivity index (χ1v) is 27.8. The molecule has 476 valence electrons. The number of hydrogen-bond donors (Lipinski definition) is 20. The van der Waals surface area contributed by atoms with Gasteiger partial charge in [-0.25, -0.2) is 9.59 Å². The van der Waals surface area contributed by atoms with Crippen molar-refractivity contribution in [1.82, 2.24) is 15.6 Å². The number of benzene rings is 2. The normalized spacial score (nSPS) is 14.3. The quantitative estimate of drug-likeness (QED) is 0.00704. The number of nitrogens with two attached hydrogens (primary N) is 9. The number of aliphatic carboxylic acids is 6. The van der Waals surface area contributed by atoms with Crippen LogP contribution in [0.15, 0.2) is 60.8 Å². The summed E-state index contributed by atoms with van der Waals surface area (Å²) < 4.78 is 4.73. The van der Waals surface area contributed by atoms with E-state index in [4.69, 9.17) is 92.4 Å². The number of rotatable bonds is 30. The maximum atomic E-state index is 12.1. The van der Waals surface area contributed by atoms with Gasteiger partial charge in [-0.15, -0.1) is 0 Å². The van der Waals surface area contributed by atoms with Crippen molar-refractivity contribution < 1.29 is 78.8 Å². The van der Waals surface area contributed by atoms with Crippen LogP contribution in [-0.2, 0) is 55.9 Å². The molecule has 0 aliphatic rings. The molecule has 3 aromatic rings. The van der Waals surface area contributed by atoms with Crippen molar-refractivity contribution in [1.29, 1.82) is 5.41 Å². The molecule has 2 aromatic carbocycles. The number of unbranched alkanes of at least 4 members (excludes halogenated alkanes) is 1. The van der Waals surface area contributed by atoms with Gasteiger partial charge in [-0.3, -0.25) is 39.5 Å². The third-order valence-electron chi connectivity index (χ3n) is 11.6. The van der Waals surface area contributed by atoms with E-state index in [1.807, 2.05) is 94.7 Å². The molecule has 31 heteroatoms. The van der Waals surface area contributed by atoms with E-state index in [1.54, 1.807) is 11.8 Å². The van der Waals surface area contributed by atoms with Crippen molar-refractivity contribution in [2.75, 3.05) is 18.6 Å². The maximum absolute atomic E-state index is 12.1. The minimum absolute atomic E-state index is 0. The van der Waals surface area contributed by atoms with Crippen molar-refractivity contribution in [2.24, 2.45) is 63.4 Å². The van der Waals surface area contributed by atoms with Crippen LogP contribution in [0.1, 0.15) is 97.1 Å². The zero-order chi connectivity index (χ0) is 64.5. The van der Waals surface area contributed by atoms with Crippen molar-refractivity contribution in [3.63, 3.8) is 0 Å². The van der Waals surface area contributed by atoms with Gasteiger partial charge in [0.25, 0.3) is 0 Å². The molecule has 29 nitrogen and oxygen atoms in total. The summed E-state index contributed by atoms with van der Waals surface area (Å²) in [7, 11) is 0. The topological polar surface area (TPSA) is 585 Å². The van der Waals surface area contributed by atoms with E-state index in [1.165, 1.54) is 6.92 Å². The molecule has 0 saturated heterocycles. The van der Waals surface area contributed by atoms with Gasteiger partial charge in [-0.05, 0) is 99.5 Å². The summed E-state index contributed by atoms with van der Waals surface area (Å²) in [5.74, 6) is -7.12. The molecule has 11 atom stereocenters. The molecule has 0 saturated carbocycles. The zero-order valence-electron chi connectivity index (χ0n) is 48.1. The number of aliphatic hydroxyl groups excluding tert-OH is 1. The zero-order valence-corrected chi connectivity index (χ0v) is 48.9. The Morgan fingerprint density at radius 2 is 1.14 bits per heavy atom. The number of carbonyl (C=O) groups is 8. The molecule has 0 radical (unpaired) electrons. The van der Waals surface area contributed by atoms with Crippen LogP contribution >= 0.6 is 11.8 Å². The van der Waals surface area contributed by atoms with Gasteiger partial charge in [-0.2, -0.15) is 11.8 Å². The summed E-state index contributed by atoms with van der Waals surface area (Å²) in [6.45, 7) is 9.34. The molecule has 29 N–H and O–H groups in total. The van der Waals surface area contributed by atoms with Gasteiger partial charge in [0.05, 0.1) is 12.3 Å². The van der Waals surface area contributed by atoms with Crippen LogP contribution < -0.4 is 62.2 Å². The molecule has 1 aromatic heterocycles. The average Bonchev–Trinajstić information content (AvgIpc) is 3.83. The number of carbonyl (C=O) groups excluding carboxylic acids is 2. The van der Waals surface area contributed by atoms with Crippen LogP contribution in [-0.4, -0.2) is 211 Å². The summed E-state index contributed by atoms with van der Waals surface area (Å²) in [6.07, 6.45) is 6.41. The van der Waals surface area contributed by atoms with E-state index in [0.29, 0.717) is 51.5 Å². The first-order valence-electron chi connectivity index (χ1n) is 26.4. The summed E-state index contributed by atoms with van der Waals surface area (Å²) >= 11 is 1.60. The Balaban J connectivity index is -0.000000496. The first kappa shape index (κ1) is 84.9. The summed E-state index contributed by atoms with van der Waals surface area (Å²) in [5.41, 5.74) is 51.3. The van der Waals surface area contributed by atoms with Gasteiger partial charge in [0, 0.05) is 23.5 Å². The second-order valence-corrected chi connectivity index (χ2v) is 20.3. The van der Waals surface area contributed by atoms with E-state index in [0.717, 1.165) is 34.2 Å². The molecule has 0 aliphatic carbocycles. The minimum atomic E-state index is -1.18. The number of nitrogens with one attached hydrogen (secondary N) is 4. The number of guanidine groups is 1. The number of aromatic amines is 1. The molecule has 1 heterocycles. The summed E-state index contributed by atoms with van der Waals surface area (Å²) in [4.78, 5) is 89.6. The molecule has 0 amide bonds. The van der Waals surface area contributed by atoms with Crippen LogP contribution in [0.25, 0.3) is 10.9 Å². The summed E-state index contributed by atoms with van der Waals surface area (Å²) in [5, 5.41) is 73.7. The predicted octanol–water partition coefficient (Wildman–Crippen LogP) is -1.26. The number of para-hydroxylation sites is 1. The van der Waals surface area contributed by atoms with E-state index >= 15 is 0 Å². The van der Waals surface area contributed by atoms with Gasteiger partial charge < -0.3 is 102 Å². The molecule has 2 unspecified atom stereocenters. The van der Waals surface area contributed by atoms with E-state index in [2.05, 4.69) is 15.6 Å². The van der Waals surface area contributed by atoms with E-state index in [-0.39, 0.29) is 68.4 Å². The van der Waals surface area contributed by atoms with Crippen molar-refractivity contribution in [3.05, 3.63) is 71.9 Å². The molecule has 0 aliphatic heterocycles. The predicted molar refractivity (Wildman–Crippen MR) is 325 cm³/mol. The monoisotopic (exact) mass is 1240 g/mol. The van der Waals surface area contributed by atoms with Crippen molar-refractivity contribution >= 4 is 114 Å². The van der Waals surface area contributed by atoms with Gasteiger partial charge >= 0.3 is 85.5 Å². The number of esters is 2. The van der Waals surface area contributed by atoms with Crippen LogP contribution in [0, 0.1) is 17.2 Å². The summed E-state index contributed by atoms with van der Waals surface area (Å²) in [6, 6.07) is 9.98. The number of aromatic nitrogens is 1. The van der Waals surface area contributed by atoms with E-state index < -0.39 is 108 Å². The second-order valence-electron chi connectivity index (χ2n) is 19.3. The van der Waals surface area contributed by atoms with Crippen LogP contribution in [0.3, 0.4) is 0 Å². The molecular weight excluding hydrogens is 1150 g/mol. The van der Waals surface area contributed by atoms with Crippen LogP contribution in [0.4, 0.5) is 0 Å². The second kappa shape index (κ2) is 48.6. The van der Waals surface area contributed by atoms with Crippen molar-refractivity contribution in [2.45, 2.75) is 159 Å². The Morgan fingerprint density at radius 1 is 0.643 bits per heavy atom. The fourth-order valence-electron chi connectivity index (χ4n) is 6.33. The van der Waals surface area contributed by atoms with Gasteiger partial charge in [0.2, 0.25) is 0 Å². The Bertz CT molecular complexity index is 2380. The molecular formula is C53H95CaN13O16S. The molecule has 0 spiro atoms. The number of fused-ring (bicyclic) bond motifs is 1. The average molecular weight is 1240 g/mol. The number of hydrogen-bond acceptors (Lipinski definition) is 21. The molecule has 0 bridgehead atoms. The number of H-pyrrole nitrogens is 1. The van der Waals surface area contributed by atoms with E-state index in [9.17, 15) is 43.5 Å². The number of carboxylic acid groups (broad SMARTS) is 6.